The second-order valence-corrected chi connectivity index (χ2v) is 11.1. The van der Waals surface area contributed by atoms with Crippen LogP contribution in [0.5, 0.6) is 5.75 Å². The SMILES string of the molecule is COc1cc(P(C)(C)=O)ccc1Nc1nc(NC2CCCC2)c2c(C#N)c[nH]c2n1. The van der Waals surface area contributed by atoms with Crippen LogP contribution in [0.25, 0.3) is 11.0 Å². The molecule has 1 saturated carbocycles. The summed E-state index contributed by atoms with van der Waals surface area (Å²) in [6.45, 7) is 3.45. The van der Waals surface area contributed by atoms with Gasteiger partial charge in [-0.25, -0.2) is 0 Å². The number of nitrogens with one attached hydrogen (secondary N) is 3. The van der Waals surface area contributed by atoms with Crippen LogP contribution in [0.3, 0.4) is 0 Å². The molecule has 0 saturated heterocycles. The zero-order valence-corrected chi connectivity index (χ0v) is 18.2. The number of methoxy groups -OCH3 is 1. The number of H-pyrrole nitrogens is 1. The van der Waals surface area contributed by atoms with Gasteiger partial charge in [0, 0.05) is 17.5 Å². The maximum Gasteiger partial charge on any atom is 0.231 e. The number of hydrogen-bond donors (Lipinski definition) is 3. The number of anilines is 3. The van der Waals surface area contributed by atoms with E-state index in [2.05, 4.69) is 31.7 Å². The Labute approximate surface area is 175 Å². The van der Waals surface area contributed by atoms with Gasteiger partial charge in [-0.3, -0.25) is 0 Å². The van der Waals surface area contributed by atoms with Gasteiger partial charge in [0.05, 0.1) is 23.7 Å². The number of hydrogen-bond acceptors (Lipinski definition) is 7. The topological polar surface area (TPSA) is 116 Å². The molecule has 0 amide bonds. The van der Waals surface area contributed by atoms with E-state index in [4.69, 9.17) is 4.74 Å². The molecule has 1 aromatic carbocycles. The maximum atomic E-state index is 12.4. The highest BCUT2D eigenvalue weighted by molar-refractivity contribution is 7.70. The van der Waals surface area contributed by atoms with Crippen LogP contribution >= 0.6 is 7.14 Å². The molecule has 156 valence electrons. The fourth-order valence-electron chi connectivity index (χ4n) is 3.78. The van der Waals surface area contributed by atoms with E-state index >= 15 is 0 Å². The summed E-state index contributed by atoms with van der Waals surface area (Å²) in [5, 5.41) is 17.6. The lowest BCUT2D eigenvalue weighted by Gasteiger charge is -2.16. The molecule has 0 spiro atoms. The van der Waals surface area contributed by atoms with Crippen molar-refractivity contribution in [2.24, 2.45) is 0 Å². The molecule has 3 N–H and O–H groups in total. The number of rotatable bonds is 6. The normalized spacial score (nSPS) is 14.6. The number of nitriles is 1. The number of aromatic nitrogens is 3. The Kier molecular flexibility index (Phi) is 5.40. The summed E-state index contributed by atoms with van der Waals surface area (Å²) in [7, 11) is -0.832. The number of aromatic amines is 1. The third kappa shape index (κ3) is 3.99. The van der Waals surface area contributed by atoms with Crippen molar-refractivity contribution in [2.75, 3.05) is 31.1 Å². The first-order valence-corrected chi connectivity index (χ1v) is 12.6. The van der Waals surface area contributed by atoms with E-state index in [1.54, 1.807) is 32.7 Å². The van der Waals surface area contributed by atoms with Gasteiger partial charge in [-0.1, -0.05) is 12.8 Å². The summed E-state index contributed by atoms with van der Waals surface area (Å²) < 4.78 is 17.9. The Bertz CT molecular complexity index is 1170. The van der Waals surface area contributed by atoms with Crippen molar-refractivity contribution in [1.82, 2.24) is 15.0 Å². The van der Waals surface area contributed by atoms with Crippen LogP contribution in [-0.2, 0) is 4.57 Å². The van der Waals surface area contributed by atoms with Crippen LogP contribution in [0.2, 0.25) is 0 Å². The first-order chi connectivity index (χ1) is 14.4. The summed E-state index contributed by atoms with van der Waals surface area (Å²) in [6, 6.07) is 7.97. The molecule has 0 bridgehead atoms. The predicted molar refractivity (Wildman–Crippen MR) is 120 cm³/mol. The van der Waals surface area contributed by atoms with Gasteiger partial charge in [0.25, 0.3) is 0 Å². The molecular weight excluding hydrogens is 399 g/mol. The number of ether oxygens (including phenoxy) is 1. The van der Waals surface area contributed by atoms with E-state index in [0.29, 0.717) is 45.8 Å². The van der Waals surface area contributed by atoms with E-state index in [1.165, 1.54) is 12.8 Å². The van der Waals surface area contributed by atoms with E-state index < -0.39 is 7.14 Å². The summed E-state index contributed by atoms with van der Waals surface area (Å²) in [6.07, 6.45) is 6.21. The lowest BCUT2D eigenvalue weighted by atomic mass is 10.2. The van der Waals surface area contributed by atoms with Crippen LogP contribution in [0, 0.1) is 11.3 Å². The maximum absolute atomic E-state index is 12.4. The molecule has 30 heavy (non-hydrogen) atoms. The monoisotopic (exact) mass is 424 g/mol. The number of nitrogens with zero attached hydrogens (tertiary/aromatic N) is 3. The van der Waals surface area contributed by atoms with Crippen molar-refractivity contribution in [3.05, 3.63) is 30.0 Å². The molecule has 0 unspecified atom stereocenters. The first kappa shape index (κ1) is 20.2. The Morgan fingerprint density at radius 2 is 2.03 bits per heavy atom. The second-order valence-electron chi connectivity index (χ2n) is 7.92. The molecule has 2 heterocycles. The van der Waals surface area contributed by atoms with Crippen molar-refractivity contribution < 1.29 is 9.30 Å². The molecule has 1 aliphatic carbocycles. The van der Waals surface area contributed by atoms with Crippen LogP contribution in [0.1, 0.15) is 31.2 Å². The van der Waals surface area contributed by atoms with Gasteiger partial charge in [0.1, 0.15) is 30.4 Å². The molecule has 3 aromatic rings. The second kappa shape index (κ2) is 8.00. The van der Waals surface area contributed by atoms with Crippen molar-refractivity contribution in [3.8, 4) is 11.8 Å². The van der Waals surface area contributed by atoms with Crippen molar-refractivity contribution in [2.45, 2.75) is 31.7 Å². The minimum atomic E-state index is -2.40. The Balaban J connectivity index is 1.73. The van der Waals surface area contributed by atoms with E-state index in [1.807, 2.05) is 12.1 Å². The highest BCUT2D eigenvalue weighted by atomic mass is 31.2. The molecule has 2 aromatic heterocycles. The Morgan fingerprint density at radius 1 is 1.27 bits per heavy atom. The molecule has 8 nitrogen and oxygen atoms in total. The molecule has 0 atom stereocenters. The third-order valence-corrected chi connectivity index (χ3v) is 6.92. The van der Waals surface area contributed by atoms with E-state index in [9.17, 15) is 9.83 Å². The van der Waals surface area contributed by atoms with Gasteiger partial charge in [-0.15, -0.1) is 0 Å². The Morgan fingerprint density at radius 3 is 2.70 bits per heavy atom. The van der Waals surface area contributed by atoms with Gasteiger partial charge in [0.15, 0.2) is 0 Å². The molecular formula is C21H25N6O2P. The summed E-state index contributed by atoms with van der Waals surface area (Å²) in [5.74, 6) is 1.60. The quantitative estimate of drug-likeness (QED) is 0.508. The summed E-state index contributed by atoms with van der Waals surface area (Å²) >= 11 is 0. The van der Waals surface area contributed by atoms with Gasteiger partial charge in [-0.05, 0) is 44.4 Å². The van der Waals surface area contributed by atoms with Gasteiger partial charge in [-0.2, -0.15) is 15.2 Å². The van der Waals surface area contributed by atoms with Crippen LogP contribution in [-0.4, -0.2) is 41.4 Å². The lowest BCUT2D eigenvalue weighted by molar-refractivity contribution is 0.417. The fraction of sp³-hybridized carbons (Fsp3) is 0.381. The zero-order chi connectivity index (χ0) is 21.3. The highest BCUT2D eigenvalue weighted by Gasteiger charge is 2.20. The smallest absolute Gasteiger partial charge is 0.231 e. The minimum absolute atomic E-state index is 0.342. The predicted octanol–water partition coefficient (Wildman–Crippen LogP) is 4.18. The van der Waals surface area contributed by atoms with Crippen molar-refractivity contribution in [1.29, 1.82) is 5.26 Å². The van der Waals surface area contributed by atoms with E-state index in [-0.39, 0.29) is 0 Å². The first-order valence-electron chi connectivity index (χ1n) is 9.95. The average Bonchev–Trinajstić information content (AvgIpc) is 3.37. The van der Waals surface area contributed by atoms with Crippen LogP contribution in [0.4, 0.5) is 17.5 Å². The van der Waals surface area contributed by atoms with Crippen molar-refractivity contribution in [3.63, 3.8) is 0 Å². The van der Waals surface area contributed by atoms with E-state index in [0.717, 1.165) is 18.1 Å². The van der Waals surface area contributed by atoms with Gasteiger partial charge in [0.2, 0.25) is 5.95 Å². The largest absolute Gasteiger partial charge is 0.495 e. The highest BCUT2D eigenvalue weighted by Crippen LogP contribution is 2.38. The summed E-state index contributed by atoms with van der Waals surface area (Å²) in [4.78, 5) is 12.3. The molecule has 4 rings (SSSR count). The number of fused-ring (bicyclic) bond motifs is 1. The minimum Gasteiger partial charge on any atom is -0.495 e. The molecule has 1 fully saturated rings. The van der Waals surface area contributed by atoms with Crippen molar-refractivity contribution >= 4 is 40.9 Å². The van der Waals surface area contributed by atoms with Gasteiger partial charge < -0.3 is 24.9 Å². The van der Waals surface area contributed by atoms with Gasteiger partial charge >= 0.3 is 0 Å². The standard InChI is InChI=1S/C21H25N6O2P/c1-29-17-10-15(30(2,3)28)8-9-16(17)25-21-26-19-18(13(11-22)12-23-19)20(27-21)24-14-6-4-5-7-14/h8-10,12,14H,4-7H2,1-3H3,(H3,23,24,25,26,27). The number of benzene rings is 1. The van der Waals surface area contributed by atoms with Crippen LogP contribution in [0.15, 0.2) is 24.4 Å². The lowest BCUT2D eigenvalue weighted by Crippen LogP contribution is -2.16. The third-order valence-electron chi connectivity index (χ3n) is 5.40. The Hall–Kier alpha value is -3.04. The molecule has 1 aliphatic rings. The molecule has 9 heteroatoms. The van der Waals surface area contributed by atoms with Crippen LogP contribution < -0.4 is 20.7 Å². The summed E-state index contributed by atoms with van der Waals surface area (Å²) in [5.41, 5.74) is 1.78. The zero-order valence-electron chi connectivity index (χ0n) is 17.3. The molecule has 0 radical (unpaired) electrons. The molecule has 0 aliphatic heterocycles. The average molecular weight is 424 g/mol. The fourth-order valence-corrected chi connectivity index (χ4v) is 4.65.